The number of allylic oxidation sites excluding steroid dienone is 6. The zero-order chi connectivity index (χ0) is 96.0. The fourth-order valence-corrected chi connectivity index (χ4v) is 18.0. The van der Waals surface area contributed by atoms with Crippen LogP contribution in [0.25, 0.3) is 99.6 Å². The quantitative estimate of drug-likeness (QED) is 0.0488. The Bertz CT molecular complexity index is 6770. The molecule has 0 spiro atoms. The standard InChI is InChI=1S/C36H34N.C35H32N.C34H30N.C11H20O2.2C5H8O2.3Ir/c1-24-18-25-8-12-27(24)13-9-26-11-15-28(14-10-25)34(19-26)29-6-5-7-30(20-29)35-22-32-21-33(36(2,3)4)17-16-31(32)23-37-35;1-24(2)19-28-11-14-32-23-36-35(22-33(32)20-28)31-17-15-30(16-18-31)34-21-27-8-7-25-3-5-26(6-4-25)9-12-29(34)13-10-27;1-23(2)31-20-24-10-14-26(31)15-11-25-13-17-27(16-12-24)32(21-25)29-7-5-8-30(22-29)34-19-18-28-6-3-4-9-33(28)35-34;1-8(2)5-10(12)7-11(13)6-9(3)4;2*1-4(6)3-5(2)7;;;/h5-6,8,11-12,15-23H,9-10,13-14H2,1-4H3;3-6,10-11,13-17,20-24H,7-9,12,19H2,1-2H3;3-7,9-10,13-14,17-23H,11-12,15-16H2,1-2H3;7-9,12H,5-6H2,1-4H3;2*3,6H,1-2H3;;;/q3*-1;;;;;;. The van der Waals surface area contributed by atoms with E-state index in [1.165, 1.54) is 190 Å². The second-order valence-electron chi connectivity index (χ2n) is 39.4. The third kappa shape index (κ3) is 31.5. The molecule has 0 saturated heterocycles. The summed E-state index contributed by atoms with van der Waals surface area (Å²) in [6.07, 6.45) is 22.6. The number of hydrogen-bond donors (Lipinski definition) is 3. The smallest absolute Gasteiger partial charge is 0.159 e. The summed E-state index contributed by atoms with van der Waals surface area (Å²) in [7, 11) is 0. The summed E-state index contributed by atoms with van der Waals surface area (Å²) in [6.45, 7) is 31.9. The fourth-order valence-electron chi connectivity index (χ4n) is 18.0. The molecule has 0 fully saturated rings. The third-order valence-corrected chi connectivity index (χ3v) is 25.1. The topological polar surface area (TPSA) is 151 Å². The van der Waals surface area contributed by atoms with Gasteiger partial charge in [0.25, 0.3) is 0 Å². The molecule has 717 valence electrons. The molecule has 9 nitrogen and oxygen atoms in total. The Hall–Kier alpha value is -11.6. The molecule has 3 aromatic heterocycles. The Balaban J connectivity index is 0.000000186. The van der Waals surface area contributed by atoms with Crippen molar-refractivity contribution in [3.05, 3.63) is 410 Å². The van der Waals surface area contributed by atoms with E-state index in [0.717, 1.165) is 128 Å². The van der Waals surface area contributed by atoms with Crippen molar-refractivity contribution in [2.45, 2.75) is 218 Å². The van der Waals surface area contributed by atoms with E-state index in [9.17, 15) is 19.5 Å². The SMILES string of the molecule is CC(=O)C=C(C)O.CC(=O)C=C(C)O.CC(C)CC(=O)C=C(O)CC(C)C.CC(C)Cc1ccc2cnc(-c3[c-]cc(-c4cc5ccc4CCc4ccc(cc4)CC5)cc3)cc2c1.CC(C)c1cc2ccc1CCc1ccc(c(-c3cc[c-]c(-c4ccc5ccccc5n4)c3)c1)CC2.Cc1cc2ccc1CCc1ccc(c(-c3cc[c-]c(-c4cc5cc(C(C)(C)C)ccc5cn4)c3)c1)CC2.[Ir].[Ir].[Ir]. The number of nitrogens with zero attached hydrogens (tertiary/aromatic N) is 3. The van der Waals surface area contributed by atoms with Crippen molar-refractivity contribution < 1.29 is 90.0 Å². The maximum atomic E-state index is 11.2. The van der Waals surface area contributed by atoms with Gasteiger partial charge in [-0.25, -0.2) is 0 Å². The number of benzene rings is 12. The van der Waals surface area contributed by atoms with Crippen LogP contribution in [0.15, 0.2) is 303 Å². The minimum Gasteiger partial charge on any atom is -0.512 e. The molecular formula is C126H132Ir3N3O6-3. The fraction of sp³-hybridized carbons (Fsp3) is 0.286. The average Bonchev–Trinajstić information content (AvgIpc) is 0.798. The Morgan fingerprint density at radius 2 is 0.819 bits per heavy atom. The van der Waals surface area contributed by atoms with Crippen LogP contribution in [-0.2, 0) is 164 Å². The number of fused-ring (bicyclic) bond motifs is 3. The Labute approximate surface area is 860 Å². The van der Waals surface area contributed by atoms with Gasteiger partial charge in [-0.15, -0.1) is 101 Å². The van der Waals surface area contributed by atoms with Crippen LogP contribution >= 0.6 is 0 Å². The summed E-state index contributed by atoms with van der Waals surface area (Å²) < 4.78 is 0. The first-order valence-corrected chi connectivity index (χ1v) is 48.3. The van der Waals surface area contributed by atoms with Crippen molar-refractivity contribution in [3.63, 3.8) is 0 Å². The van der Waals surface area contributed by atoms with Crippen molar-refractivity contribution in [1.82, 2.24) is 15.0 Å². The number of carbonyl (C=O) groups is 3. The van der Waals surface area contributed by atoms with Crippen LogP contribution in [0.2, 0.25) is 0 Å². The van der Waals surface area contributed by atoms with Crippen LogP contribution in [0, 0.1) is 42.9 Å². The van der Waals surface area contributed by atoms with Crippen LogP contribution < -0.4 is 0 Å². The molecule has 0 amide bonds. The van der Waals surface area contributed by atoms with Crippen LogP contribution in [0.4, 0.5) is 0 Å². The average molecular weight is 2360 g/mol. The van der Waals surface area contributed by atoms with Gasteiger partial charge in [0.2, 0.25) is 0 Å². The summed E-state index contributed by atoms with van der Waals surface area (Å²) in [5, 5.41) is 32.1. The molecule has 12 heteroatoms. The van der Waals surface area contributed by atoms with Gasteiger partial charge in [0.15, 0.2) is 17.3 Å². The minimum atomic E-state index is -0.125. The number of aliphatic hydroxyl groups is 3. The van der Waals surface area contributed by atoms with Crippen molar-refractivity contribution in [3.8, 4) is 67.2 Å². The first-order valence-electron chi connectivity index (χ1n) is 48.3. The van der Waals surface area contributed by atoms with E-state index in [2.05, 4.69) is 316 Å². The number of aryl methyl sites for hydroxylation is 13. The number of hydrogen-bond acceptors (Lipinski definition) is 9. The predicted octanol–water partition coefficient (Wildman–Crippen LogP) is 30.8. The van der Waals surface area contributed by atoms with Crippen molar-refractivity contribution in [2.24, 2.45) is 17.8 Å². The Kier molecular flexibility index (Phi) is 40.4. The number of carbonyl (C=O) groups excluding carboxylic acids is 3. The van der Waals surface area contributed by atoms with Crippen LogP contribution in [0.3, 0.4) is 0 Å². The molecular weight excluding hydrogens is 2230 g/mol. The summed E-state index contributed by atoms with van der Waals surface area (Å²) in [6, 6.07) is 105. The molecule has 27 rings (SSSR count). The molecule has 3 N–H and O–H groups in total. The van der Waals surface area contributed by atoms with Crippen molar-refractivity contribution in [1.29, 1.82) is 0 Å². The predicted molar refractivity (Wildman–Crippen MR) is 563 cm³/mol. The first kappa shape index (κ1) is 108. The molecule has 3 heterocycles. The molecule has 12 aromatic carbocycles. The maximum Gasteiger partial charge on any atom is 0.159 e. The summed E-state index contributed by atoms with van der Waals surface area (Å²) in [4.78, 5) is 45.7. The summed E-state index contributed by atoms with van der Waals surface area (Å²) in [5.74, 6) is 2.07. The third-order valence-electron chi connectivity index (χ3n) is 25.1. The number of rotatable bonds is 16. The molecule has 0 unspecified atom stereocenters. The van der Waals surface area contributed by atoms with E-state index in [-0.39, 0.29) is 100 Å². The van der Waals surface area contributed by atoms with Gasteiger partial charge in [0.05, 0.1) is 22.8 Å². The molecule has 12 bridgehead atoms. The van der Waals surface area contributed by atoms with E-state index < -0.39 is 0 Å². The van der Waals surface area contributed by atoms with Gasteiger partial charge in [-0.3, -0.25) is 19.4 Å². The molecule has 0 aliphatic heterocycles. The molecule has 0 saturated carbocycles. The van der Waals surface area contributed by atoms with E-state index >= 15 is 0 Å². The molecule has 138 heavy (non-hydrogen) atoms. The van der Waals surface area contributed by atoms with Crippen molar-refractivity contribution in [2.75, 3.05) is 0 Å². The number of para-hydroxylation sites is 1. The van der Waals surface area contributed by atoms with Gasteiger partial charge in [-0.05, 0) is 297 Å². The largest absolute Gasteiger partial charge is 0.512 e. The van der Waals surface area contributed by atoms with Gasteiger partial charge in [-0.1, -0.05) is 281 Å². The number of aliphatic hydroxyl groups excluding tert-OH is 3. The second kappa shape index (κ2) is 51.4. The first-order chi connectivity index (χ1) is 64.7. The van der Waals surface area contributed by atoms with Gasteiger partial charge in [-0.2, -0.15) is 0 Å². The minimum absolute atomic E-state index is 0. The van der Waals surface area contributed by atoms with Crippen molar-refractivity contribution >= 4 is 49.8 Å². The van der Waals surface area contributed by atoms with Crippen LogP contribution in [0.5, 0.6) is 0 Å². The molecule has 15 aromatic rings. The number of aromatic nitrogens is 3. The monoisotopic (exact) mass is 2360 g/mol. The van der Waals surface area contributed by atoms with Gasteiger partial charge in [0, 0.05) is 104 Å². The van der Waals surface area contributed by atoms with Crippen LogP contribution in [-0.4, -0.2) is 47.6 Å². The molecule has 12 aliphatic rings. The Morgan fingerprint density at radius 1 is 0.377 bits per heavy atom. The molecule has 0 atom stereocenters. The summed E-state index contributed by atoms with van der Waals surface area (Å²) >= 11 is 0. The second-order valence-corrected chi connectivity index (χ2v) is 39.4. The summed E-state index contributed by atoms with van der Waals surface area (Å²) in [5.41, 5.74) is 37.7. The zero-order valence-corrected chi connectivity index (χ0v) is 90.1. The van der Waals surface area contributed by atoms with E-state index in [1.54, 1.807) is 0 Å². The Morgan fingerprint density at radius 3 is 1.31 bits per heavy atom. The van der Waals surface area contributed by atoms with E-state index in [4.69, 9.17) is 25.2 Å². The van der Waals surface area contributed by atoms with Gasteiger partial charge < -0.3 is 25.3 Å². The normalized spacial score (nSPS) is 12.8. The molecule has 12 aliphatic carbocycles. The maximum absolute atomic E-state index is 11.2. The van der Waals surface area contributed by atoms with E-state index in [1.807, 2.05) is 52.2 Å². The zero-order valence-electron chi connectivity index (χ0n) is 83.0. The van der Waals surface area contributed by atoms with E-state index in [0.29, 0.717) is 36.5 Å². The number of ketones is 3. The van der Waals surface area contributed by atoms with Gasteiger partial charge >= 0.3 is 0 Å². The molecule has 3 radical (unpaired) electrons. The van der Waals surface area contributed by atoms with Crippen LogP contribution in [0.1, 0.15) is 212 Å². The van der Waals surface area contributed by atoms with Gasteiger partial charge in [0.1, 0.15) is 0 Å². The number of pyridine rings is 3.